The second kappa shape index (κ2) is 6.33. The van der Waals surface area contributed by atoms with Gasteiger partial charge in [0.2, 0.25) is 0 Å². The fraction of sp³-hybridized carbons (Fsp3) is 0.200. The number of allylic oxidation sites excluding steroid dienone is 1. The van der Waals surface area contributed by atoms with Crippen molar-refractivity contribution in [1.82, 2.24) is 14.9 Å². The summed E-state index contributed by atoms with van der Waals surface area (Å²) in [6.07, 6.45) is 2.52. The molecular formula is C15H15Cl2N3O. The number of halogens is 2. The van der Waals surface area contributed by atoms with Crippen molar-refractivity contribution in [1.29, 1.82) is 0 Å². The van der Waals surface area contributed by atoms with Crippen LogP contribution in [0.3, 0.4) is 0 Å². The van der Waals surface area contributed by atoms with Gasteiger partial charge in [0.1, 0.15) is 5.82 Å². The highest BCUT2D eigenvalue weighted by molar-refractivity contribution is 6.36. The largest absolute Gasteiger partial charge is 0.376 e. The molecule has 0 aliphatic heterocycles. The van der Waals surface area contributed by atoms with E-state index in [4.69, 9.17) is 23.2 Å². The van der Waals surface area contributed by atoms with Gasteiger partial charge in [-0.15, -0.1) is 0 Å². The maximum Gasteiger partial charge on any atom is 0.155 e. The molecule has 1 N–H and O–H groups in total. The van der Waals surface area contributed by atoms with E-state index in [2.05, 4.69) is 9.97 Å². The van der Waals surface area contributed by atoms with Crippen LogP contribution >= 0.6 is 23.2 Å². The van der Waals surface area contributed by atoms with Crippen LogP contribution in [0.15, 0.2) is 24.4 Å². The van der Waals surface area contributed by atoms with Gasteiger partial charge in [-0.2, -0.15) is 0 Å². The van der Waals surface area contributed by atoms with E-state index in [-0.39, 0.29) is 0 Å². The first-order chi connectivity index (χ1) is 9.93. The van der Waals surface area contributed by atoms with Crippen molar-refractivity contribution in [2.45, 2.75) is 6.92 Å². The number of nitrogens with zero attached hydrogens (tertiary/aromatic N) is 2. The number of aromatic nitrogens is 2. The number of carbonyl (C=O) groups is 1. The number of carbonyl (C=O) groups excluding carboxylic acids is 1. The zero-order valence-corrected chi connectivity index (χ0v) is 13.5. The summed E-state index contributed by atoms with van der Waals surface area (Å²) in [4.78, 5) is 20.7. The summed E-state index contributed by atoms with van der Waals surface area (Å²) in [5.74, 6) is 0.511. The van der Waals surface area contributed by atoms with Crippen molar-refractivity contribution in [2.24, 2.45) is 0 Å². The Balaban J connectivity index is 2.70. The number of hydrogen-bond donors (Lipinski definition) is 1. The molecule has 0 aliphatic carbocycles. The van der Waals surface area contributed by atoms with Crippen LogP contribution in [0.2, 0.25) is 10.0 Å². The molecule has 1 heterocycles. The van der Waals surface area contributed by atoms with E-state index >= 15 is 0 Å². The molecule has 0 aliphatic rings. The molecule has 1 aromatic carbocycles. The van der Waals surface area contributed by atoms with Crippen LogP contribution in [0.25, 0.3) is 11.3 Å². The zero-order valence-electron chi connectivity index (χ0n) is 11.9. The number of aromatic amines is 1. The number of aldehydes is 1. The topological polar surface area (TPSA) is 49.0 Å². The second-order valence-electron chi connectivity index (χ2n) is 4.79. The van der Waals surface area contributed by atoms with Gasteiger partial charge in [-0.1, -0.05) is 23.2 Å². The van der Waals surface area contributed by atoms with E-state index in [1.807, 2.05) is 25.9 Å². The molecule has 21 heavy (non-hydrogen) atoms. The van der Waals surface area contributed by atoms with E-state index in [0.717, 1.165) is 17.5 Å². The van der Waals surface area contributed by atoms with Crippen LogP contribution in [0.1, 0.15) is 17.1 Å². The molecule has 110 valence electrons. The normalized spacial score (nSPS) is 12.0. The molecular weight excluding hydrogens is 309 g/mol. The summed E-state index contributed by atoms with van der Waals surface area (Å²) in [5, 5.41) is 1.03. The van der Waals surface area contributed by atoms with Crippen molar-refractivity contribution in [3.63, 3.8) is 0 Å². The van der Waals surface area contributed by atoms with Crippen LogP contribution in [0, 0.1) is 6.92 Å². The number of imidazole rings is 1. The van der Waals surface area contributed by atoms with E-state index in [1.54, 1.807) is 24.4 Å². The molecule has 4 nitrogen and oxygen atoms in total. The van der Waals surface area contributed by atoms with Crippen molar-refractivity contribution < 1.29 is 4.79 Å². The molecule has 0 amide bonds. The predicted molar refractivity (Wildman–Crippen MR) is 86.4 cm³/mol. The molecule has 0 radical (unpaired) electrons. The van der Waals surface area contributed by atoms with Crippen molar-refractivity contribution in [3.05, 3.63) is 51.5 Å². The zero-order chi connectivity index (χ0) is 15.6. The van der Waals surface area contributed by atoms with Gasteiger partial charge < -0.3 is 9.88 Å². The summed E-state index contributed by atoms with van der Waals surface area (Å²) in [5.41, 5.74) is 2.66. The minimum atomic E-state index is 0.442. The Kier molecular flexibility index (Phi) is 4.70. The lowest BCUT2D eigenvalue weighted by Gasteiger charge is -2.20. The molecule has 0 unspecified atom stereocenters. The monoisotopic (exact) mass is 323 g/mol. The third-order valence-corrected chi connectivity index (χ3v) is 3.52. The summed E-state index contributed by atoms with van der Waals surface area (Å²) < 4.78 is 0. The lowest BCUT2D eigenvalue weighted by Crippen LogP contribution is -2.14. The fourth-order valence-corrected chi connectivity index (χ4v) is 2.58. The first-order valence-electron chi connectivity index (χ1n) is 6.28. The molecule has 0 bridgehead atoms. The van der Waals surface area contributed by atoms with Crippen LogP contribution < -0.4 is 0 Å². The first-order valence-corrected chi connectivity index (χ1v) is 7.04. The third kappa shape index (κ3) is 3.28. The summed E-state index contributed by atoms with van der Waals surface area (Å²) in [6.45, 7) is 1.85. The SMILES string of the molecule is Cc1c[nH]c(/C(C=O)=C(\c2ccc(Cl)cc2Cl)N(C)C)n1. The Morgan fingerprint density at radius 3 is 2.52 bits per heavy atom. The lowest BCUT2D eigenvalue weighted by molar-refractivity contribution is -0.103. The molecule has 0 saturated carbocycles. The van der Waals surface area contributed by atoms with Crippen LogP contribution in [-0.2, 0) is 4.79 Å². The second-order valence-corrected chi connectivity index (χ2v) is 5.63. The quantitative estimate of drug-likeness (QED) is 0.690. The van der Waals surface area contributed by atoms with E-state index in [1.165, 1.54) is 0 Å². The number of rotatable bonds is 4. The Labute approximate surface area is 133 Å². The highest BCUT2D eigenvalue weighted by Gasteiger charge is 2.18. The van der Waals surface area contributed by atoms with Gasteiger partial charge in [0.05, 0.1) is 22.0 Å². The summed E-state index contributed by atoms with van der Waals surface area (Å²) >= 11 is 12.2. The maximum absolute atomic E-state index is 11.6. The number of aryl methyl sites for hydroxylation is 1. The Bertz CT molecular complexity index is 705. The maximum atomic E-state index is 11.6. The van der Waals surface area contributed by atoms with Crippen LogP contribution in [0.4, 0.5) is 0 Å². The van der Waals surface area contributed by atoms with Crippen molar-refractivity contribution >= 4 is 40.8 Å². The third-order valence-electron chi connectivity index (χ3n) is 2.97. The van der Waals surface area contributed by atoms with Crippen LogP contribution in [-0.4, -0.2) is 35.2 Å². The number of H-pyrrole nitrogens is 1. The molecule has 6 heteroatoms. The van der Waals surface area contributed by atoms with E-state index < -0.39 is 0 Å². The standard InChI is InChI=1S/C15H15Cl2N3O/c1-9-7-18-15(19-9)12(8-21)14(20(2)3)11-5-4-10(16)6-13(11)17/h4-8H,1-3H3,(H,18,19)/b14-12+. The Hall–Kier alpha value is -1.78. The van der Waals surface area contributed by atoms with Gasteiger partial charge in [0.15, 0.2) is 6.29 Å². The van der Waals surface area contributed by atoms with Gasteiger partial charge in [-0.3, -0.25) is 4.79 Å². The smallest absolute Gasteiger partial charge is 0.155 e. The summed E-state index contributed by atoms with van der Waals surface area (Å²) in [6, 6.07) is 5.18. The number of nitrogens with one attached hydrogen (secondary N) is 1. The molecule has 0 saturated heterocycles. The molecule has 2 rings (SSSR count). The van der Waals surface area contributed by atoms with Crippen molar-refractivity contribution in [3.8, 4) is 0 Å². The summed E-state index contributed by atoms with van der Waals surface area (Å²) in [7, 11) is 3.69. The fourth-order valence-electron chi connectivity index (χ4n) is 2.08. The number of hydrogen-bond acceptors (Lipinski definition) is 3. The molecule has 0 spiro atoms. The Morgan fingerprint density at radius 2 is 2.05 bits per heavy atom. The van der Waals surface area contributed by atoms with Gasteiger partial charge in [0.25, 0.3) is 0 Å². The molecule has 0 atom stereocenters. The number of benzene rings is 1. The van der Waals surface area contributed by atoms with Gasteiger partial charge in [0, 0.05) is 30.9 Å². The van der Waals surface area contributed by atoms with Gasteiger partial charge in [-0.25, -0.2) is 4.98 Å². The van der Waals surface area contributed by atoms with Gasteiger partial charge >= 0.3 is 0 Å². The van der Waals surface area contributed by atoms with Gasteiger partial charge in [-0.05, 0) is 25.1 Å². The lowest BCUT2D eigenvalue weighted by atomic mass is 10.1. The highest BCUT2D eigenvalue weighted by atomic mass is 35.5. The predicted octanol–water partition coefficient (Wildman–Crippen LogP) is 3.65. The average molecular weight is 324 g/mol. The highest BCUT2D eigenvalue weighted by Crippen LogP contribution is 2.32. The minimum absolute atomic E-state index is 0.442. The molecule has 0 fully saturated rings. The van der Waals surface area contributed by atoms with E-state index in [9.17, 15) is 4.79 Å². The van der Waals surface area contributed by atoms with E-state index in [0.29, 0.717) is 27.1 Å². The molecule has 1 aromatic heterocycles. The average Bonchev–Trinajstić information content (AvgIpc) is 2.83. The first kappa shape index (κ1) is 15.6. The van der Waals surface area contributed by atoms with Crippen LogP contribution in [0.5, 0.6) is 0 Å². The molecule has 2 aromatic rings. The Morgan fingerprint density at radius 1 is 1.33 bits per heavy atom. The van der Waals surface area contributed by atoms with Crippen molar-refractivity contribution in [2.75, 3.05) is 14.1 Å². The minimum Gasteiger partial charge on any atom is -0.376 e.